The van der Waals surface area contributed by atoms with Crippen LogP contribution in [0.15, 0.2) is 24.3 Å². The lowest BCUT2D eigenvalue weighted by molar-refractivity contribution is 0.409. The van der Waals surface area contributed by atoms with Crippen molar-refractivity contribution < 1.29 is 4.74 Å². The van der Waals surface area contributed by atoms with Crippen LogP contribution >= 0.6 is 0 Å². The monoisotopic (exact) mass is 194 g/mol. The average molecular weight is 194 g/mol. The maximum Gasteiger partial charge on any atom is 0.118 e. The van der Waals surface area contributed by atoms with Crippen LogP contribution in [-0.2, 0) is 0 Å². The molecule has 78 valence electrons. The zero-order valence-electron chi connectivity index (χ0n) is 8.95. The molecule has 1 unspecified atom stereocenters. The average Bonchev–Trinajstić information content (AvgIpc) is 2.15. The second-order valence-electron chi connectivity index (χ2n) is 4.07. The van der Waals surface area contributed by atoms with Crippen LogP contribution in [0.2, 0.25) is 0 Å². The van der Waals surface area contributed by atoms with Crippen LogP contribution in [0.5, 0.6) is 5.75 Å². The van der Waals surface area contributed by atoms with Crippen molar-refractivity contribution in [2.24, 2.45) is 11.5 Å². The topological polar surface area (TPSA) is 61.3 Å². The van der Waals surface area contributed by atoms with Crippen molar-refractivity contribution in [2.75, 3.05) is 7.11 Å². The highest BCUT2D eigenvalue weighted by atomic mass is 16.5. The van der Waals surface area contributed by atoms with Crippen LogP contribution in [0.3, 0.4) is 0 Å². The van der Waals surface area contributed by atoms with Crippen molar-refractivity contribution in [3.8, 4) is 5.75 Å². The maximum absolute atomic E-state index is 6.00. The molecule has 0 aliphatic heterocycles. The molecule has 1 rings (SSSR count). The molecule has 0 radical (unpaired) electrons. The molecule has 0 heterocycles. The molecule has 0 bridgehead atoms. The Morgan fingerprint density at radius 2 is 1.71 bits per heavy atom. The van der Waals surface area contributed by atoms with E-state index < -0.39 is 5.54 Å². The van der Waals surface area contributed by atoms with Gasteiger partial charge in [-0.05, 0) is 31.5 Å². The van der Waals surface area contributed by atoms with Crippen LogP contribution in [-0.4, -0.2) is 12.6 Å². The first-order chi connectivity index (χ1) is 6.45. The highest BCUT2D eigenvalue weighted by Crippen LogP contribution is 2.22. The molecule has 0 aliphatic carbocycles. The Kier molecular flexibility index (Phi) is 3.13. The van der Waals surface area contributed by atoms with Crippen LogP contribution in [0, 0.1) is 0 Å². The number of benzene rings is 1. The number of methoxy groups -OCH3 is 1. The van der Waals surface area contributed by atoms with Crippen LogP contribution in [0.25, 0.3) is 0 Å². The fourth-order valence-electron chi connectivity index (χ4n) is 1.24. The van der Waals surface area contributed by atoms with Crippen molar-refractivity contribution in [2.45, 2.75) is 25.4 Å². The summed E-state index contributed by atoms with van der Waals surface area (Å²) in [5.41, 5.74) is 12.5. The minimum atomic E-state index is -0.408. The van der Waals surface area contributed by atoms with Gasteiger partial charge < -0.3 is 16.2 Å². The fraction of sp³-hybridized carbons (Fsp3) is 0.455. The van der Waals surface area contributed by atoms with Gasteiger partial charge in [-0.2, -0.15) is 0 Å². The molecule has 1 atom stereocenters. The van der Waals surface area contributed by atoms with E-state index in [0.717, 1.165) is 11.3 Å². The van der Waals surface area contributed by atoms with Gasteiger partial charge in [-0.25, -0.2) is 0 Å². The number of rotatable bonds is 3. The van der Waals surface area contributed by atoms with Gasteiger partial charge in [0.2, 0.25) is 0 Å². The molecule has 0 saturated heterocycles. The minimum Gasteiger partial charge on any atom is -0.497 e. The van der Waals surface area contributed by atoms with E-state index in [1.54, 1.807) is 7.11 Å². The molecule has 1 aromatic rings. The van der Waals surface area contributed by atoms with E-state index in [-0.39, 0.29) is 6.04 Å². The molecule has 3 nitrogen and oxygen atoms in total. The minimum absolute atomic E-state index is 0.159. The van der Waals surface area contributed by atoms with E-state index >= 15 is 0 Å². The summed E-state index contributed by atoms with van der Waals surface area (Å²) in [5, 5.41) is 0. The van der Waals surface area contributed by atoms with Crippen molar-refractivity contribution in [1.29, 1.82) is 0 Å². The second kappa shape index (κ2) is 3.98. The van der Waals surface area contributed by atoms with E-state index in [2.05, 4.69) is 0 Å². The second-order valence-corrected chi connectivity index (χ2v) is 4.07. The Morgan fingerprint density at radius 3 is 2.07 bits per heavy atom. The third-order valence-electron chi connectivity index (χ3n) is 2.28. The molecule has 14 heavy (non-hydrogen) atoms. The molecule has 0 saturated carbocycles. The maximum atomic E-state index is 6.00. The summed E-state index contributed by atoms with van der Waals surface area (Å²) in [6.45, 7) is 3.84. The zero-order chi connectivity index (χ0) is 10.8. The predicted molar refractivity (Wildman–Crippen MR) is 58.2 cm³/mol. The number of ether oxygens (including phenoxy) is 1. The fourth-order valence-corrected chi connectivity index (χ4v) is 1.24. The smallest absolute Gasteiger partial charge is 0.118 e. The van der Waals surface area contributed by atoms with Gasteiger partial charge in [0.05, 0.1) is 7.11 Å². The molecule has 3 heteroatoms. The lowest BCUT2D eigenvalue weighted by Crippen LogP contribution is -2.43. The molecule has 0 aromatic heterocycles. The summed E-state index contributed by atoms with van der Waals surface area (Å²) in [6.07, 6.45) is 0. The first-order valence-electron chi connectivity index (χ1n) is 4.63. The molecule has 0 fully saturated rings. The highest BCUT2D eigenvalue weighted by Gasteiger charge is 2.22. The lowest BCUT2D eigenvalue weighted by Gasteiger charge is -2.27. The summed E-state index contributed by atoms with van der Waals surface area (Å²) in [6, 6.07) is 7.51. The van der Waals surface area contributed by atoms with Gasteiger partial charge >= 0.3 is 0 Å². The highest BCUT2D eigenvalue weighted by molar-refractivity contribution is 5.30. The van der Waals surface area contributed by atoms with E-state index in [0.29, 0.717) is 0 Å². The summed E-state index contributed by atoms with van der Waals surface area (Å²) in [7, 11) is 1.64. The van der Waals surface area contributed by atoms with Crippen molar-refractivity contribution >= 4 is 0 Å². The molecule has 0 aliphatic rings. The van der Waals surface area contributed by atoms with E-state index in [1.807, 2.05) is 38.1 Å². The zero-order valence-corrected chi connectivity index (χ0v) is 8.95. The van der Waals surface area contributed by atoms with Gasteiger partial charge in [-0.15, -0.1) is 0 Å². The van der Waals surface area contributed by atoms with Crippen LogP contribution in [0.1, 0.15) is 25.5 Å². The Balaban J connectivity index is 2.87. The van der Waals surface area contributed by atoms with Gasteiger partial charge in [0.15, 0.2) is 0 Å². The molecular weight excluding hydrogens is 176 g/mol. The quantitative estimate of drug-likeness (QED) is 0.765. The van der Waals surface area contributed by atoms with Crippen molar-refractivity contribution in [3.05, 3.63) is 29.8 Å². The van der Waals surface area contributed by atoms with E-state index in [9.17, 15) is 0 Å². The normalized spacial score (nSPS) is 13.8. The number of nitrogens with two attached hydrogens (primary N) is 2. The first kappa shape index (κ1) is 11.0. The number of hydrogen-bond acceptors (Lipinski definition) is 3. The van der Waals surface area contributed by atoms with Crippen LogP contribution in [0.4, 0.5) is 0 Å². The van der Waals surface area contributed by atoms with E-state index in [1.165, 1.54) is 0 Å². The predicted octanol–water partition coefficient (Wildman–Crippen LogP) is 1.43. The summed E-state index contributed by atoms with van der Waals surface area (Å²) < 4.78 is 5.06. The molecule has 0 spiro atoms. The van der Waals surface area contributed by atoms with Gasteiger partial charge in [0, 0.05) is 11.6 Å². The van der Waals surface area contributed by atoms with Gasteiger partial charge in [0.25, 0.3) is 0 Å². The Labute approximate surface area is 85.0 Å². The Morgan fingerprint density at radius 1 is 1.21 bits per heavy atom. The summed E-state index contributed by atoms with van der Waals surface area (Å²) >= 11 is 0. The lowest BCUT2D eigenvalue weighted by atomic mass is 9.90. The Bertz CT molecular complexity index is 287. The third-order valence-corrected chi connectivity index (χ3v) is 2.28. The number of hydrogen-bond donors (Lipinski definition) is 2. The molecule has 4 N–H and O–H groups in total. The summed E-state index contributed by atoms with van der Waals surface area (Å²) in [5.74, 6) is 0.829. The van der Waals surface area contributed by atoms with E-state index in [4.69, 9.17) is 16.2 Å². The summed E-state index contributed by atoms with van der Waals surface area (Å²) in [4.78, 5) is 0. The molecule has 1 aromatic carbocycles. The van der Waals surface area contributed by atoms with Gasteiger partial charge in [-0.3, -0.25) is 0 Å². The molecule has 0 amide bonds. The standard InChI is InChI=1S/C11H18N2O/c1-11(2,13)10(12)8-4-6-9(14-3)7-5-8/h4-7,10H,12-13H2,1-3H3. The van der Waals surface area contributed by atoms with Crippen molar-refractivity contribution in [1.82, 2.24) is 0 Å². The SMILES string of the molecule is COc1ccc(C(N)C(C)(C)N)cc1. The van der Waals surface area contributed by atoms with Gasteiger partial charge in [0.1, 0.15) is 5.75 Å². The largest absolute Gasteiger partial charge is 0.497 e. The third kappa shape index (κ3) is 2.47. The van der Waals surface area contributed by atoms with Crippen molar-refractivity contribution in [3.63, 3.8) is 0 Å². The Hall–Kier alpha value is -1.06. The first-order valence-corrected chi connectivity index (χ1v) is 4.63. The molecular formula is C11H18N2O. The van der Waals surface area contributed by atoms with Crippen LogP contribution < -0.4 is 16.2 Å². The van der Waals surface area contributed by atoms with Gasteiger partial charge in [-0.1, -0.05) is 12.1 Å².